The van der Waals surface area contributed by atoms with E-state index in [4.69, 9.17) is 5.73 Å². The molecule has 0 atom stereocenters. The fraction of sp³-hybridized carbons (Fsp3) is 0.241. The molecule has 0 spiro atoms. The van der Waals surface area contributed by atoms with Crippen LogP contribution in [0.1, 0.15) is 42.3 Å². The lowest BCUT2D eigenvalue weighted by Crippen LogP contribution is -2.12. The van der Waals surface area contributed by atoms with Gasteiger partial charge in [0.1, 0.15) is 6.29 Å². The third kappa shape index (κ3) is 7.52. The van der Waals surface area contributed by atoms with Crippen molar-refractivity contribution < 1.29 is 4.79 Å². The molecule has 0 amide bonds. The quantitative estimate of drug-likeness (QED) is 0.223. The lowest BCUT2D eigenvalue weighted by molar-refractivity contribution is 0.112. The first-order valence-corrected chi connectivity index (χ1v) is 12.7. The maximum atomic E-state index is 11.2. The van der Waals surface area contributed by atoms with Crippen molar-refractivity contribution >= 4 is 35.9 Å². The van der Waals surface area contributed by atoms with E-state index in [-0.39, 0.29) is 5.41 Å². The van der Waals surface area contributed by atoms with Gasteiger partial charge in [-0.25, -0.2) is 0 Å². The molecule has 2 heterocycles. The van der Waals surface area contributed by atoms with E-state index in [0.29, 0.717) is 5.69 Å². The number of nitrogens with two attached hydrogens (primary N) is 1. The number of aldehydes is 1. The first-order valence-electron chi connectivity index (χ1n) is 11.4. The minimum Gasteiger partial charge on any atom is -0.397 e. The Hall–Kier alpha value is -2.93. The lowest BCUT2D eigenvalue weighted by Gasteiger charge is -2.18. The Morgan fingerprint density at radius 2 is 1.60 bits per heavy atom. The van der Waals surface area contributed by atoms with Crippen LogP contribution in [-0.4, -0.2) is 30.3 Å². The molecule has 2 aromatic carbocycles. The van der Waals surface area contributed by atoms with E-state index in [0.717, 1.165) is 49.7 Å². The van der Waals surface area contributed by atoms with E-state index >= 15 is 0 Å². The van der Waals surface area contributed by atoms with Crippen LogP contribution in [0.3, 0.4) is 0 Å². The molecule has 0 saturated heterocycles. The predicted octanol–water partition coefficient (Wildman–Crippen LogP) is 7.21. The fourth-order valence-corrected chi connectivity index (χ4v) is 4.69. The van der Waals surface area contributed by atoms with Crippen molar-refractivity contribution in [1.29, 1.82) is 0 Å². The summed E-state index contributed by atoms with van der Waals surface area (Å²) < 4.78 is 0. The summed E-state index contributed by atoms with van der Waals surface area (Å²) in [4.78, 5) is 20.8. The number of nitrogens with zero attached hydrogens (tertiary/aromatic N) is 2. The number of hydrogen-bond acceptors (Lipinski definition) is 6. The van der Waals surface area contributed by atoms with E-state index < -0.39 is 0 Å². The standard InChI is InChI=1S/C19H19N3OS.C10H14S/c1-22(2)11-16-7-13(3-4-14(16)12-23)18-5-6-19(24-18)15-8-17(20)10-21-9-15;1-10(2,3)8-4-6-9(11)7-5-8/h3-10,12H,11,20H2,1-2H3;4-7,11H,1-3H3. The van der Waals surface area contributed by atoms with Crippen molar-refractivity contribution in [3.05, 3.63) is 89.7 Å². The molecule has 0 bridgehead atoms. The minimum absolute atomic E-state index is 0.251. The average molecular weight is 504 g/mol. The highest BCUT2D eigenvalue weighted by Gasteiger charge is 2.12. The van der Waals surface area contributed by atoms with E-state index in [1.165, 1.54) is 5.56 Å². The van der Waals surface area contributed by atoms with Gasteiger partial charge in [0.2, 0.25) is 0 Å². The second kappa shape index (κ2) is 11.7. The number of benzene rings is 2. The Morgan fingerprint density at radius 3 is 2.17 bits per heavy atom. The first kappa shape index (κ1) is 26.7. The predicted molar refractivity (Wildman–Crippen MR) is 153 cm³/mol. The zero-order valence-electron chi connectivity index (χ0n) is 20.9. The molecule has 35 heavy (non-hydrogen) atoms. The highest BCUT2D eigenvalue weighted by atomic mass is 32.1. The molecule has 4 rings (SSSR count). The molecule has 0 aliphatic carbocycles. The highest BCUT2D eigenvalue weighted by molar-refractivity contribution is 7.80. The maximum absolute atomic E-state index is 11.2. The summed E-state index contributed by atoms with van der Waals surface area (Å²) in [5.74, 6) is 0. The number of thiophene rings is 1. The van der Waals surface area contributed by atoms with Gasteiger partial charge in [0.05, 0.1) is 5.69 Å². The van der Waals surface area contributed by atoms with Crippen LogP contribution >= 0.6 is 24.0 Å². The van der Waals surface area contributed by atoms with Crippen LogP contribution in [0, 0.1) is 0 Å². The van der Waals surface area contributed by atoms with Gasteiger partial charge in [-0.2, -0.15) is 0 Å². The number of nitrogen functional groups attached to an aromatic ring is 1. The zero-order valence-corrected chi connectivity index (χ0v) is 22.7. The van der Waals surface area contributed by atoms with Crippen LogP contribution in [0.25, 0.3) is 20.9 Å². The van der Waals surface area contributed by atoms with Crippen molar-refractivity contribution in [3.63, 3.8) is 0 Å². The fourth-order valence-electron chi connectivity index (χ4n) is 3.55. The number of carbonyl (C=O) groups excluding carboxylic acids is 1. The SMILES string of the molecule is CC(C)(C)c1ccc(S)cc1.CN(C)Cc1cc(-c2ccc(-c3cncc(N)c3)s2)ccc1C=O. The highest BCUT2D eigenvalue weighted by Crippen LogP contribution is 2.35. The van der Waals surface area contributed by atoms with E-state index in [2.05, 4.69) is 73.6 Å². The summed E-state index contributed by atoms with van der Waals surface area (Å²) in [5, 5.41) is 0. The van der Waals surface area contributed by atoms with Crippen LogP contribution in [-0.2, 0) is 12.0 Å². The number of thiol groups is 1. The molecular formula is C29H33N3OS2. The Balaban J connectivity index is 0.000000261. The second-order valence-corrected chi connectivity index (χ2v) is 11.3. The molecule has 6 heteroatoms. The van der Waals surface area contributed by atoms with Crippen molar-refractivity contribution in [2.45, 2.75) is 37.6 Å². The summed E-state index contributed by atoms with van der Waals surface area (Å²) in [6.45, 7) is 7.36. The molecule has 0 radical (unpaired) electrons. The molecule has 182 valence electrons. The van der Waals surface area contributed by atoms with Crippen LogP contribution in [0.2, 0.25) is 0 Å². The van der Waals surface area contributed by atoms with Gasteiger partial charge in [-0.3, -0.25) is 9.78 Å². The topological polar surface area (TPSA) is 59.2 Å². The first-order chi connectivity index (χ1) is 16.6. The van der Waals surface area contributed by atoms with Gasteiger partial charge in [0.15, 0.2) is 0 Å². The lowest BCUT2D eigenvalue weighted by atomic mass is 9.87. The van der Waals surface area contributed by atoms with Crippen molar-refractivity contribution in [3.8, 4) is 20.9 Å². The number of anilines is 1. The molecule has 0 saturated carbocycles. The van der Waals surface area contributed by atoms with Crippen molar-refractivity contribution in [2.75, 3.05) is 19.8 Å². The Kier molecular flexibility index (Phi) is 8.89. The smallest absolute Gasteiger partial charge is 0.150 e. The third-order valence-corrected chi connectivity index (χ3v) is 6.91. The molecule has 4 aromatic rings. The number of rotatable bonds is 5. The van der Waals surface area contributed by atoms with Gasteiger partial charge in [-0.05, 0) is 72.6 Å². The summed E-state index contributed by atoms with van der Waals surface area (Å²) in [6, 6.07) is 20.4. The maximum Gasteiger partial charge on any atom is 0.150 e. The van der Waals surface area contributed by atoms with Gasteiger partial charge in [-0.1, -0.05) is 45.0 Å². The minimum atomic E-state index is 0.251. The molecule has 2 N–H and O–H groups in total. The largest absolute Gasteiger partial charge is 0.397 e. The molecule has 4 nitrogen and oxygen atoms in total. The Morgan fingerprint density at radius 1 is 0.943 bits per heavy atom. The summed E-state index contributed by atoms with van der Waals surface area (Å²) in [5.41, 5.74) is 12.0. The van der Waals surface area contributed by atoms with Gasteiger partial charge in [0.25, 0.3) is 0 Å². The van der Waals surface area contributed by atoms with Gasteiger partial charge >= 0.3 is 0 Å². The molecular weight excluding hydrogens is 470 g/mol. The summed E-state index contributed by atoms with van der Waals surface area (Å²) in [6.07, 6.45) is 4.38. The van der Waals surface area contributed by atoms with Gasteiger partial charge in [0, 0.05) is 44.7 Å². The third-order valence-electron chi connectivity index (χ3n) is 5.42. The molecule has 0 aliphatic heterocycles. The van der Waals surface area contributed by atoms with Crippen LogP contribution in [0.5, 0.6) is 0 Å². The average Bonchev–Trinajstić information content (AvgIpc) is 3.29. The molecule has 0 aliphatic rings. The summed E-state index contributed by atoms with van der Waals surface area (Å²) >= 11 is 5.92. The van der Waals surface area contributed by atoms with Crippen molar-refractivity contribution in [2.24, 2.45) is 0 Å². The van der Waals surface area contributed by atoms with Gasteiger partial charge in [-0.15, -0.1) is 24.0 Å². The molecule has 0 unspecified atom stereocenters. The van der Waals surface area contributed by atoms with E-state index in [9.17, 15) is 4.79 Å². The number of hydrogen-bond donors (Lipinski definition) is 2. The van der Waals surface area contributed by atoms with E-state index in [1.54, 1.807) is 17.5 Å². The monoisotopic (exact) mass is 503 g/mol. The molecule has 0 fully saturated rings. The zero-order chi connectivity index (χ0) is 25.6. The van der Waals surface area contributed by atoms with Crippen LogP contribution in [0.15, 0.2) is 78.0 Å². The van der Waals surface area contributed by atoms with Gasteiger partial charge < -0.3 is 10.6 Å². The van der Waals surface area contributed by atoms with E-state index in [1.807, 2.05) is 50.6 Å². The van der Waals surface area contributed by atoms with Crippen LogP contribution < -0.4 is 5.73 Å². The van der Waals surface area contributed by atoms with Crippen molar-refractivity contribution in [1.82, 2.24) is 9.88 Å². The second-order valence-electron chi connectivity index (χ2n) is 9.74. The Bertz CT molecular complexity index is 1270. The normalized spacial score (nSPS) is 11.2. The number of aromatic nitrogens is 1. The van der Waals surface area contributed by atoms with Crippen LogP contribution in [0.4, 0.5) is 5.69 Å². The molecule has 2 aromatic heterocycles. The Labute approximate surface area is 218 Å². The number of carbonyl (C=O) groups is 1. The summed E-state index contributed by atoms with van der Waals surface area (Å²) in [7, 11) is 3.99. The number of pyridine rings is 1.